The first-order valence-corrected chi connectivity index (χ1v) is 8.82. The lowest BCUT2D eigenvalue weighted by Gasteiger charge is -2.19. The maximum Gasteiger partial charge on any atom is 0.240 e. The quantitative estimate of drug-likeness (QED) is 0.593. The number of hydrogen-bond donors (Lipinski definition) is 2. The van der Waals surface area contributed by atoms with Crippen LogP contribution in [0.25, 0.3) is 0 Å². The van der Waals surface area contributed by atoms with E-state index in [1.807, 2.05) is 19.1 Å². The summed E-state index contributed by atoms with van der Waals surface area (Å²) in [5.41, 5.74) is 6.62. The van der Waals surface area contributed by atoms with E-state index in [9.17, 15) is 9.59 Å². The maximum absolute atomic E-state index is 12.2. The second-order valence-electron chi connectivity index (χ2n) is 6.36. The average molecular weight is 329 g/mol. The molecule has 0 aliphatic heterocycles. The van der Waals surface area contributed by atoms with Crippen LogP contribution in [-0.4, -0.2) is 17.5 Å². The minimum absolute atomic E-state index is 0.0990. The minimum atomic E-state index is -0.103. The minimum Gasteiger partial charge on any atom is -0.325 e. The Balaban J connectivity index is 1.88. The van der Waals surface area contributed by atoms with Crippen LogP contribution in [-0.2, 0) is 22.4 Å². The Labute approximate surface area is 143 Å². The van der Waals surface area contributed by atoms with Crippen LogP contribution in [0.4, 0.5) is 5.69 Å². The molecule has 0 aromatic heterocycles. The summed E-state index contributed by atoms with van der Waals surface area (Å²) in [6.45, 7) is 3.79. The lowest BCUT2D eigenvalue weighted by molar-refractivity contribution is -0.121. The fourth-order valence-corrected chi connectivity index (χ4v) is 2.92. The van der Waals surface area contributed by atoms with Crippen molar-refractivity contribution in [2.24, 2.45) is 5.10 Å². The van der Waals surface area contributed by atoms with Gasteiger partial charge in [-0.25, -0.2) is 5.43 Å². The van der Waals surface area contributed by atoms with Crippen LogP contribution in [0.15, 0.2) is 23.3 Å². The lowest BCUT2D eigenvalue weighted by atomic mass is 9.90. The molecule has 5 nitrogen and oxygen atoms in total. The third kappa shape index (κ3) is 5.48. The first-order chi connectivity index (χ1) is 11.6. The summed E-state index contributed by atoms with van der Waals surface area (Å²) < 4.78 is 0. The van der Waals surface area contributed by atoms with Crippen molar-refractivity contribution in [3.8, 4) is 0 Å². The first-order valence-electron chi connectivity index (χ1n) is 8.82. The van der Waals surface area contributed by atoms with Crippen LogP contribution in [0.2, 0.25) is 0 Å². The van der Waals surface area contributed by atoms with Crippen molar-refractivity contribution in [2.75, 3.05) is 5.32 Å². The Kier molecular flexibility index (Phi) is 6.97. The molecule has 0 atom stereocenters. The smallest absolute Gasteiger partial charge is 0.240 e. The summed E-state index contributed by atoms with van der Waals surface area (Å²) >= 11 is 0. The highest BCUT2D eigenvalue weighted by Gasteiger charge is 2.14. The molecule has 2 N–H and O–H groups in total. The molecule has 2 rings (SSSR count). The van der Waals surface area contributed by atoms with Crippen molar-refractivity contribution in [1.29, 1.82) is 0 Å². The Morgan fingerprint density at radius 2 is 1.96 bits per heavy atom. The zero-order valence-corrected chi connectivity index (χ0v) is 14.7. The number of amides is 2. The van der Waals surface area contributed by atoms with Gasteiger partial charge >= 0.3 is 0 Å². The van der Waals surface area contributed by atoms with Crippen LogP contribution in [0, 0.1) is 0 Å². The van der Waals surface area contributed by atoms with E-state index in [-0.39, 0.29) is 18.2 Å². The number of aryl methyl sites for hydroxylation is 1. The molecule has 1 aliphatic rings. The second kappa shape index (κ2) is 9.21. The Hall–Kier alpha value is -2.17. The number of carbonyl (C=O) groups excluding carboxylic acids is 2. The molecule has 1 aromatic carbocycles. The van der Waals surface area contributed by atoms with Crippen LogP contribution in [0.1, 0.15) is 63.5 Å². The van der Waals surface area contributed by atoms with E-state index in [4.69, 9.17) is 0 Å². The van der Waals surface area contributed by atoms with Gasteiger partial charge in [-0.15, -0.1) is 0 Å². The molecule has 0 saturated heterocycles. The number of nitrogens with zero attached hydrogens (tertiary/aromatic N) is 1. The van der Waals surface area contributed by atoms with Gasteiger partial charge in [0, 0.05) is 17.8 Å². The molecule has 24 heavy (non-hydrogen) atoms. The van der Waals surface area contributed by atoms with Crippen LogP contribution in [0.5, 0.6) is 0 Å². The van der Waals surface area contributed by atoms with E-state index in [2.05, 4.69) is 21.9 Å². The number of fused-ring (bicyclic) bond motifs is 1. The van der Waals surface area contributed by atoms with Gasteiger partial charge in [-0.2, -0.15) is 5.10 Å². The second-order valence-corrected chi connectivity index (χ2v) is 6.36. The van der Waals surface area contributed by atoms with Gasteiger partial charge in [0.05, 0.1) is 6.42 Å². The molecule has 130 valence electrons. The zero-order valence-electron chi connectivity index (χ0n) is 14.7. The van der Waals surface area contributed by atoms with Crippen molar-refractivity contribution in [3.05, 3.63) is 29.3 Å². The third-order valence-electron chi connectivity index (χ3n) is 4.22. The summed E-state index contributed by atoms with van der Waals surface area (Å²) in [5.74, 6) is -0.202. The Bertz CT molecular complexity index is 623. The van der Waals surface area contributed by atoms with Gasteiger partial charge in [0.25, 0.3) is 0 Å². The largest absolute Gasteiger partial charge is 0.325 e. The molecule has 0 heterocycles. The van der Waals surface area contributed by atoms with Crippen LogP contribution >= 0.6 is 0 Å². The van der Waals surface area contributed by atoms with Gasteiger partial charge in [0.15, 0.2) is 0 Å². The van der Waals surface area contributed by atoms with Gasteiger partial charge in [-0.3, -0.25) is 9.59 Å². The molecule has 1 aliphatic carbocycles. The average Bonchev–Trinajstić information content (AvgIpc) is 2.58. The number of carbonyl (C=O) groups is 2. The van der Waals surface area contributed by atoms with Crippen molar-refractivity contribution in [2.45, 2.75) is 65.2 Å². The molecule has 0 spiro atoms. The number of unbranched alkanes of at least 4 members (excludes halogenated alkanes) is 1. The molecule has 2 amide bonds. The van der Waals surface area contributed by atoms with E-state index in [1.165, 1.54) is 24.0 Å². The summed E-state index contributed by atoms with van der Waals surface area (Å²) in [5, 5.41) is 6.99. The molecule has 0 radical (unpaired) electrons. The van der Waals surface area contributed by atoms with Gasteiger partial charge in [-0.05, 0) is 56.2 Å². The number of hydrogen-bond acceptors (Lipinski definition) is 3. The predicted molar refractivity (Wildman–Crippen MR) is 97.1 cm³/mol. The molecule has 0 saturated carbocycles. The number of nitrogens with one attached hydrogen (secondary N) is 2. The predicted octanol–water partition coefficient (Wildman–Crippen LogP) is 3.58. The summed E-state index contributed by atoms with van der Waals surface area (Å²) in [4.78, 5) is 23.7. The number of anilines is 1. The maximum atomic E-state index is 12.2. The van der Waals surface area contributed by atoms with Crippen molar-refractivity contribution >= 4 is 23.2 Å². The Morgan fingerprint density at radius 3 is 2.75 bits per heavy atom. The van der Waals surface area contributed by atoms with E-state index in [0.717, 1.165) is 31.4 Å². The standard InChI is InChI=1S/C19H27N3O2/c1-3-4-12-18(23)22-21-14(2)13-19(24)20-17-11-7-9-15-8-5-6-10-16(15)17/h7,9,11H,3-6,8,10,12-13H2,1-2H3,(H,20,24)(H,22,23)/b21-14+. The molecule has 0 fully saturated rings. The number of benzene rings is 1. The highest BCUT2D eigenvalue weighted by Crippen LogP contribution is 2.27. The topological polar surface area (TPSA) is 70.6 Å². The molecule has 1 aromatic rings. The summed E-state index contributed by atoms with van der Waals surface area (Å²) in [6, 6.07) is 6.10. The van der Waals surface area contributed by atoms with Gasteiger partial charge in [0.1, 0.15) is 0 Å². The van der Waals surface area contributed by atoms with Gasteiger partial charge < -0.3 is 5.32 Å². The van der Waals surface area contributed by atoms with E-state index < -0.39 is 0 Å². The van der Waals surface area contributed by atoms with Crippen molar-refractivity contribution in [3.63, 3.8) is 0 Å². The SMILES string of the molecule is CCCCC(=O)N/N=C(\C)CC(=O)Nc1cccc2c1CCCC2. The van der Waals surface area contributed by atoms with E-state index in [0.29, 0.717) is 12.1 Å². The van der Waals surface area contributed by atoms with Gasteiger partial charge in [0.2, 0.25) is 11.8 Å². The zero-order chi connectivity index (χ0) is 17.4. The molecular formula is C19H27N3O2. The molecule has 5 heteroatoms. The molecule has 0 bridgehead atoms. The summed E-state index contributed by atoms with van der Waals surface area (Å²) in [6.07, 6.45) is 6.96. The highest BCUT2D eigenvalue weighted by atomic mass is 16.2. The Morgan fingerprint density at radius 1 is 1.17 bits per heavy atom. The number of hydrazone groups is 1. The number of rotatable bonds is 7. The highest BCUT2D eigenvalue weighted by molar-refractivity contribution is 6.06. The van der Waals surface area contributed by atoms with Crippen molar-refractivity contribution < 1.29 is 9.59 Å². The fourth-order valence-electron chi connectivity index (χ4n) is 2.92. The molecule has 0 unspecified atom stereocenters. The van der Waals surface area contributed by atoms with Crippen LogP contribution < -0.4 is 10.7 Å². The fraction of sp³-hybridized carbons (Fsp3) is 0.526. The normalized spacial score (nSPS) is 14.0. The molecular weight excluding hydrogens is 302 g/mol. The van der Waals surface area contributed by atoms with Crippen LogP contribution in [0.3, 0.4) is 0 Å². The third-order valence-corrected chi connectivity index (χ3v) is 4.22. The summed E-state index contributed by atoms with van der Waals surface area (Å²) in [7, 11) is 0. The first kappa shape index (κ1) is 18.2. The monoisotopic (exact) mass is 329 g/mol. The lowest BCUT2D eigenvalue weighted by Crippen LogP contribution is -2.21. The van der Waals surface area contributed by atoms with Crippen molar-refractivity contribution in [1.82, 2.24) is 5.43 Å². The van der Waals surface area contributed by atoms with E-state index in [1.54, 1.807) is 6.92 Å². The van der Waals surface area contributed by atoms with Gasteiger partial charge in [-0.1, -0.05) is 25.5 Å². The van der Waals surface area contributed by atoms with E-state index >= 15 is 0 Å².